The molecule has 0 bridgehead atoms. The van der Waals surface area contributed by atoms with Gasteiger partial charge in [-0.05, 0) is 32.0 Å². The second kappa shape index (κ2) is 8.75. The SMILES string of the molecule is CN1CCCN(S(=O)(=O)N[C@@H](Cc2ccccc2)C(=O)c2cn[nH]c2)CC1. The molecule has 146 valence electrons. The van der Waals surface area contributed by atoms with Crippen molar-refractivity contribution < 1.29 is 13.2 Å². The fraction of sp³-hybridized carbons (Fsp3) is 0.444. The summed E-state index contributed by atoms with van der Waals surface area (Å²) < 4.78 is 29.9. The van der Waals surface area contributed by atoms with Gasteiger partial charge in [-0.1, -0.05) is 30.3 Å². The molecule has 0 saturated carbocycles. The van der Waals surface area contributed by atoms with E-state index < -0.39 is 16.3 Å². The molecule has 27 heavy (non-hydrogen) atoms. The van der Waals surface area contributed by atoms with Gasteiger partial charge in [0.2, 0.25) is 0 Å². The molecule has 1 atom stereocenters. The maximum Gasteiger partial charge on any atom is 0.280 e. The number of hydrogen-bond donors (Lipinski definition) is 2. The molecule has 1 aliphatic rings. The average Bonchev–Trinajstić information content (AvgIpc) is 3.09. The van der Waals surface area contributed by atoms with Crippen molar-refractivity contribution in [1.82, 2.24) is 24.1 Å². The van der Waals surface area contributed by atoms with Crippen molar-refractivity contribution in [2.45, 2.75) is 18.9 Å². The lowest BCUT2D eigenvalue weighted by atomic mass is 10.0. The number of rotatable bonds is 7. The number of hydrogen-bond acceptors (Lipinski definition) is 5. The highest BCUT2D eigenvalue weighted by molar-refractivity contribution is 7.87. The van der Waals surface area contributed by atoms with Gasteiger partial charge in [-0.25, -0.2) is 0 Å². The van der Waals surface area contributed by atoms with Crippen molar-refractivity contribution >= 4 is 16.0 Å². The smallest absolute Gasteiger partial charge is 0.280 e. The van der Waals surface area contributed by atoms with Gasteiger partial charge in [-0.15, -0.1) is 0 Å². The number of likely N-dealkylation sites (N-methyl/N-ethyl adjacent to an activating group) is 1. The van der Waals surface area contributed by atoms with Gasteiger partial charge in [0.25, 0.3) is 10.2 Å². The van der Waals surface area contributed by atoms with Gasteiger partial charge >= 0.3 is 0 Å². The fourth-order valence-electron chi connectivity index (χ4n) is 3.14. The molecule has 1 aliphatic heterocycles. The number of aromatic amines is 1. The Bertz CT molecular complexity index is 839. The Morgan fingerprint density at radius 1 is 1.22 bits per heavy atom. The average molecular weight is 391 g/mol. The highest BCUT2D eigenvalue weighted by atomic mass is 32.2. The van der Waals surface area contributed by atoms with Crippen LogP contribution in [-0.2, 0) is 16.6 Å². The molecule has 0 aliphatic carbocycles. The molecule has 2 N–H and O–H groups in total. The summed E-state index contributed by atoms with van der Waals surface area (Å²) in [7, 11) is -1.80. The van der Waals surface area contributed by atoms with Crippen LogP contribution < -0.4 is 4.72 Å². The lowest BCUT2D eigenvalue weighted by Gasteiger charge is -2.24. The topological polar surface area (TPSA) is 98.4 Å². The molecule has 9 heteroatoms. The van der Waals surface area contributed by atoms with E-state index >= 15 is 0 Å². The van der Waals surface area contributed by atoms with E-state index in [4.69, 9.17) is 0 Å². The molecule has 1 saturated heterocycles. The zero-order chi connectivity index (χ0) is 19.3. The molecular weight excluding hydrogens is 366 g/mol. The molecule has 2 aromatic rings. The number of H-pyrrole nitrogens is 1. The van der Waals surface area contributed by atoms with Gasteiger partial charge < -0.3 is 4.90 Å². The molecule has 2 heterocycles. The number of carbonyl (C=O) groups excluding carboxylic acids is 1. The summed E-state index contributed by atoms with van der Waals surface area (Å²) in [4.78, 5) is 15.0. The number of aromatic nitrogens is 2. The first-order chi connectivity index (χ1) is 13.0. The van der Waals surface area contributed by atoms with Crippen LogP contribution in [0.1, 0.15) is 22.3 Å². The number of Topliss-reactive ketones (excluding diaryl/α,β-unsaturated/α-hetero) is 1. The van der Waals surface area contributed by atoms with Crippen molar-refractivity contribution in [2.24, 2.45) is 0 Å². The van der Waals surface area contributed by atoms with E-state index in [2.05, 4.69) is 19.8 Å². The molecule has 8 nitrogen and oxygen atoms in total. The number of benzene rings is 1. The van der Waals surface area contributed by atoms with E-state index in [1.54, 1.807) is 0 Å². The first-order valence-electron chi connectivity index (χ1n) is 8.98. The van der Waals surface area contributed by atoms with Crippen molar-refractivity contribution in [3.8, 4) is 0 Å². The predicted molar refractivity (Wildman–Crippen MR) is 103 cm³/mol. The van der Waals surface area contributed by atoms with E-state index in [9.17, 15) is 13.2 Å². The normalized spacial score (nSPS) is 18.1. The van der Waals surface area contributed by atoms with E-state index in [0.717, 1.165) is 18.5 Å². The van der Waals surface area contributed by atoms with Crippen molar-refractivity contribution in [3.63, 3.8) is 0 Å². The zero-order valence-electron chi connectivity index (χ0n) is 15.3. The van der Waals surface area contributed by atoms with Crippen LogP contribution in [0.25, 0.3) is 0 Å². The molecule has 1 aromatic heterocycles. The van der Waals surface area contributed by atoms with Crippen LogP contribution in [0.2, 0.25) is 0 Å². The largest absolute Gasteiger partial charge is 0.305 e. The van der Waals surface area contributed by atoms with Gasteiger partial charge in [0.05, 0.1) is 17.8 Å². The van der Waals surface area contributed by atoms with Gasteiger partial charge in [0, 0.05) is 25.8 Å². The third-order valence-electron chi connectivity index (χ3n) is 4.69. The van der Waals surface area contributed by atoms with Crippen LogP contribution in [0.15, 0.2) is 42.7 Å². The lowest BCUT2D eigenvalue weighted by Crippen LogP contribution is -2.50. The second-order valence-electron chi connectivity index (χ2n) is 6.77. The third kappa shape index (κ3) is 5.23. The van der Waals surface area contributed by atoms with Gasteiger partial charge in [-0.3, -0.25) is 9.89 Å². The van der Waals surface area contributed by atoms with Crippen molar-refractivity contribution in [2.75, 3.05) is 33.2 Å². The predicted octanol–water partition coefficient (Wildman–Crippen LogP) is 0.676. The Kier molecular flexibility index (Phi) is 6.38. The molecule has 1 aromatic carbocycles. The Morgan fingerprint density at radius 3 is 2.70 bits per heavy atom. The third-order valence-corrected chi connectivity index (χ3v) is 6.32. The van der Waals surface area contributed by atoms with E-state index in [0.29, 0.717) is 25.2 Å². The minimum atomic E-state index is -3.78. The van der Waals surface area contributed by atoms with Crippen LogP contribution >= 0.6 is 0 Å². The Labute approximate surface area is 159 Å². The first kappa shape index (κ1) is 19.7. The Morgan fingerprint density at radius 2 is 2.00 bits per heavy atom. The lowest BCUT2D eigenvalue weighted by molar-refractivity contribution is 0.0952. The molecule has 3 rings (SSSR count). The number of nitrogens with one attached hydrogen (secondary N) is 2. The van der Waals surface area contributed by atoms with Crippen LogP contribution in [-0.4, -0.2) is 72.9 Å². The molecular formula is C18H25N5O3S. The number of ketones is 1. The van der Waals surface area contributed by atoms with Gasteiger partial charge in [0.1, 0.15) is 0 Å². The number of nitrogens with zero attached hydrogens (tertiary/aromatic N) is 3. The van der Waals surface area contributed by atoms with Crippen LogP contribution in [0.3, 0.4) is 0 Å². The standard InChI is InChI=1S/C18H25N5O3S/c1-22-8-5-9-23(11-10-22)27(25,26)21-17(12-15-6-3-2-4-7-15)18(24)16-13-19-20-14-16/h2-4,6-7,13-14,17,21H,5,8-12H2,1H3,(H,19,20)/t17-/m0/s1. The van der Waals surface area contributed by atoms with Gasteiger partial charge in [-0.2, -0.15) is 22.5 Å². The zero-order valence-corrected chi connectivity index (χ0v) is 16.2. The van der Waals surface area contributed by atoms with Gasteiger partial charge in [0.15, 0.2) is 5.78 Å². The monoisotopic (exact) mass is 391 g/mol. The van der Waals surface area contributed by atoms with E-state index in [1.807, 2.05) is 37.4 Å². The van der Waals surface area contributed by atoms with Crippen molar-refractivity contribution in [1.29, 1.82) is 0 Å². The molecule has 0 amide bonds. The quantitative estimate of drug-likeness (QED) is 0.676. The summed E-state index contributed by atoms with van der Waals surface area (Å²) in [5.74, 6) is -0.303. The summed E-state index contributed by atoms with van der Waals surface area (Å²) in [5, 5.41) is 6.41. The second-order valence-corrected chi connectivity index (χ2v) is 8.47. The molecule has 0 spiro atoms. The summed E-state index contributed by atoms with van der Waals surface area (Å²) >= 11 is 0. The Balaban J connectivity index is 1.80. The molecule has 0 unspecified atom stereocenters. The van der Waals surface area contributed by atoms with Crippen LogP contribution in [0, 0.1) is 0 Å². The highest BCUT2D eigenvalue weighted by Gasteiger charge is 2.31. The van der Waals surface area contributed by atoms with E-state index in [1.165, 1.54) is 16.7 Å². The van der Waals surface area contributed by atoms with Crippen molar-refractivity contribution in [3.05, 3.63) is 53.9 Å². The first-order valence-corrected chi connectivity index (χ1v) is 10.4. The minimum Gasteiger partial charge on any atom is -0.305 e. The minimum absolute atomic E-state index is 0.276. The number of carbonyl (C=O) groups is 1. The Hall–Kier alpha value is -2.07. The summed E-state index contributed by atoms with van der Waals surface area (Å²) in [6.45, 7) is 2.37. The summed E-state index contributed by atoms with van der Waals surface area (Å²) in [6.07, 6.45) is 3.93. The summed E-state index contributed by atoms with van der Waals surface area (Å²) in [6, 6.07) is 8.49. The van der Waals surface area contributed by atoms with Crippen LogP contribution in [0.5, 0.6) is 0 Å². The maximum atomic E-state index is 12.9. The maximum absolute atomic E-state index is 12.9. The summed E-state index contributed by atoms with van der Waals surface area (Å²) in [5.41, 5.74) is 1.24. The van der Waals surface area contributed by atoms with E-state index in [-0.39, 0.29) is 12.2 Å². The molecule has 1 fully saturated rings. The highest BCUT2D eigenvalue weighted by Crippen LogP contribution is 2.12. The van der Waals surface area contributed by atoms with Crippen LogP contribution in [0.4, 0.5) is 0 Å². The fourth-order valence-corrected chi connectivity index (χ4v) is 4.53. The molecule has 0 radical (unpaired) electrons.